The molecule has 6 heteroatoms. The highest BCUT2D eigenvalue weighted by molar-refractivity contribution is 7.83. The maximum absolute atomic E-state index is 9.89. The van der Waals surface area contributed by atoms with Crippen LogP contribution in [0.5, 0.6) is 0 Å². The van der Waals surface area contributed by atoms with Crippen molar-refractivity contribution in [3.63, 3.8) is 0 Å². The molecule has 0 amide bonds. The molecule has 0 heterocycles. The molecule has 0 bridgehead atoms. The first-order valence-corrected chi connectivity index (χ1v) is 3.60. The average Bonchev–Trinajstić information content (AvgIpc) is 1.21. The Hall–Kier alpha value is -0.200. The second-order valence-electron chi connectivity index (χ2n) is 1.75. The van der Waals surface area contributed by atoms with Crippen molar-refractivity contribution >= 4 is 10.3 Å². The van der Waals surface area contributed by atoms with Crippen molar-refractivity contribution in [3.05, 3.63) is 0 Å². The van der Waals surface area contributed by atoms with Crippen LogP contribution in [-0.4, -0.2) is 19.0 Å². The van der Waals surface area contributed by atoms with Crippen LogP contribution < -0.4 is 4.72 Å². The van der Waals surface area contributed by atoms with E-state index >= 15 is 0 Å². The highest BCUT2D eigenvalue weighted by atomic mass is 32.2. The maximum Gasteiger partial charge on any atom is 0.333 e. The maximum atomic E-state index is 9.89. The van der Waals surface area contributed by atoms with Crippen molar-refractivity contribution in [1.29, 1.82) is 0 Å². The Morgan fingerprint density at radius 1 is 1.44 bits per heavy atom. The van der Waals surface area contributed by atoms with Gasteiger partial charge >= 0.3 is 10.3 Å². The summed E-state index contributed by atoms with van der Waals surface area (Å²) >= 11 is 0. The van der Waals surface area contributed by atoms with Gasteiger partial charge in [0.15, 0.2) is 0 Å². The van der Waals surface area contributed by atoms with Crippen LogP contribution in [0.1, 0.15) is 13.8 Å². The van der Waals surface area contributed by atoms with E-state index in [0.29, 0.717) is 0 Å². The fourth-order valence-electron chi connectivity index (χ4n) is 0.298. The SMILES string of the molecule is CC(C)NS(=O)(=O)O.F. The van der Waals surface area contributed by atoms with Gasteiger partial charge < -0.3 is 0 Å². The van der Waals surface area contributed by atoms with Crippen LogP contribution in [0.25, 0.3) is 0 Å². The highest BCUT2D eigenvalue weighted by Gasteiger charge is 2.03. The monoisotopic (exact) mass is 159 g/mol. The highest BCUT2D eigenvalue weighted by Crippen LogP contribution is 1.79. The number of rotatable bonds is 2. The van der Waals surface area contributed by atoms with Gasteiger partial charge in [-0.15, -0.1) is 0 Å². The second-order valence-corrected chi connectivity index (χ2v) is 2.93. The van der Waals surface area contributed by atoms with Gasteiger partial charge in [0.1, 0.15) is 0 Å². The van der Waals surface area contributed by atoms with E-state index < -0.39 is 10.3 Å². The van der Waals surface area contributed by atoms with Gasteiger partial charge in [-0.1, -0.05) is 0 Å². The quantitative estimate of drug-likeness (QED) is 0.555. The molecule has 0 fully saturated rings. The van der Waals surface area contributed by atoms with Crippen molar-refractivity contribution in [2.75, 3.05) is 0 Å². The van der Waals surface area contributed by atoms with Gasteiger partial charge in [0.2, 0.25) is 0 Å². The molecule has 0 spiro atoms. The lowest BCUT2D eigenvalue weighted by atomic mass is 10.4. The smallest absolute Gasteiger partial charge is 0.273 e. The number of hydrogen-bond donors (Lipinski definition) is 2. The second kappa shape index (κ2) is 3.76. The molecule has 9 heavy (non-hydrogen) atoms. The van der Waals surface area contributed by atoms with E-state index in [2.05, 4.69) is 0 Å². The first kappa shape index (κ1) is 11.6. The molecule has 0 unspecified atom stereocenters. The van der Waals surface area contributed by atoms with Crippen molar-refractivity contribution in [3.8, 4) is 0 Å². The van der Waals surface area contributed by atoms with Gasteiger partial charge in [-0.05, 0) is 13.8 Å². The van der Waals surface area contributed by atoms with E-state index in [4.69, 9.17) is 4.55 Å². The fourth-order valence-corrected chi connectivity index (χ4v) is 0.894. The first-order chi connectivity index (χ1) is 3.42. The molecule has 58 valence electrons. The normalized spacial score (nSPS) is 11.1. The Labute approximate surface area is 53.5 Å². The molecule has 0 aromatic heterocycles. The molecular formula is C3H10FNO3S. The molecule has 0 aliphatic heterocycles. The lowest BCUT2D eigenvalue weighted by Crippen LogP contribution is -2.29. The van der Waals surface area contributed by atoms with E-state index in [-0.39, 0.29) is 10.7 Å². The summed E-state index contributed by atoms with van der Waals surface area (Å²) in [5, 5.41) is 0. The van der Waals surface area contributed by atoms with Gasteiger partial charge in [0.25, 0.3) is 0 Å². The third-order valence-electron chi connectivity index (χ3n) is 0.385. The third-order valence-corrected chi connectivity index (χ3v) is 1.15. The number of hydrogen-bond acceptors (Lipinski definition) is 2. The van der Waals surface area contributed by atoms with E-state index in [1.807, 2.05) is 4.72 Å². The molecule has 0 aromatic carbocycles. The Bertz CT molecular complexity index is 152. The molecule has 0 aliphatic rings. The fraction of sp³-hybridized carbons (Fsp3) is 1.00. The van der Waals surface area contributed by atoms with Gasteiger partial charge in [0, 0.05) is 6.04 Å². The van der Waals surface area contributed by atoms with Crippen LogP contribution in [0.15, 0.2) is 0 Å². The van der Waals surface area contributed by atoms with Crippen LogP contribution in [0.4, 0.5) is 4.70 Å². The Morgan fingerprint density at radius 3 is 1.78 bits per heavy atom. The molecule has 0 atom stereocenters. The Kier molecular flexibility index (Phi) is 4.83. The molecule has 0 saturated heterocycles. The molecular weight excluding hydrogens is 149 g/mol. The van der Waals surface area contributed by atoms with Crippen molar-refractivity contribution in [2.45, 2.75) is 19.9 Å². The molecule has 0 saturated carbocycles. The lowest BCUT2D eigenvalue weighted by Gasteiger charge is -2.01. The molecule has 4 nitrogen and oxygen atoms in total. The molecule has 0 radical (unpaired) electrons. The van der Waals surface area contributed by atoms with Gasteiger partial charge in [0.05, 0.1) is 0 Å². The minimum absolute atomic E-state index is 0. The summed E-state index contributed by atoms with van der Waals surface area (Å²) in [7, 11) is -3.97. The Balaban J connectivity index is 0. The zero-order valence-corrected chi connectivity index (χ0v) is 5.97. The van der Waals surface area contributed by atoms with Gasteiger partial charge in [-0.25, -0.2) is 0 Å². The zero-order chi connectivity index (χ0) is 6.78. The van der Waals surface area contributed by atoms with Gasteiger partial charge in [-0.3, -0.25) is 9.26 Å². The van der Waals surface area contributed by atoms with Crippen molar-refractivity contribution < 1.29 is 17.7 Å². The largest absolute Gasteiger partial charge is 0.333 e. The number of halogens is 1. The summed E-state index contributed by atoms with van der Waals surface area (Å²) in [4.78, 5) is 0. The third kappa shape index (κ3) is 11.4. The summed E-state index contributed by atoms with van der Waals surface area (Å²) in [6, 6.07) is -0.245. The predicted octanol–water partition coefficient (Wildman–Crippen LogP) is -0.0603. The number of nitrogens with one attached hydrogen (secondary N) is 1. The summed E-state index contributed by atoms with van der Waals surface area (Å²) < 4.78 is 29.7. The minimum Gasteiger partial charge on any atom is -0.273 e. The van der Waals surface area contributed by atoms with Gasteiger partial charge in [-0.2, -0.15) is 13.1 Å². The Morgan fingerprint density at radius 2 is 1.78 bits per heavy atom. The average molecular weight is 159 g/mol. The summed E-state index contributed by atoms with van der Waals surface area (Å²) in [5.74, 6) is 0. The summed E-state index contributed by atoms with van der Waals surface area (Å²) in [6.07, 6.45) is 0. The lowest BCUT2D eigenvalue weighted by molar-refractivity contribution is 0.460. The summed E-state index contributed by atoms with van der Waals surface area (Å²) in [5.41, 5.74) is 0. The van der Waals surface area contributed by atoms with Crippen molar-refractivity contribution in [2.24, 2.45) is 0 Å². The van der Waals surface area contributed by atoms with Crippen LogP contribution in [0, 0.1) is 0 Å². The standard InChI is InChI=1S/C3H9NO3S.FH/c1-3(2)4-8(5,6)7;/h3-4H,1-2H3,(H,5,6,7);1H. The van der Waals surface area contributed by atoms with Crippen molar-refractivity contribution in [1.82, 2.24) is 4.72 Å². The molecule has 0 aromatic rings. The first-order valence-electron chi connectivity index (χ1n) is 2.16. The topological polar surface area (TPSA) is 66.4 Å². The van der Waals surface area contributed by atoms with Crippen LogP contribution in [-0.2, 0) is 10.3 Å². The summed E-state index contributed by atoms with van der Waals surface area (Å²) in [6.45, 7) is 3.24. The van der Waals surface area contributed by atoms with Crippen LogP contribution in [0.3, 0.4) is 0 Å². The van der Waals surface area contributed by atoms with E-state index in [9.17, 15) is 8.42 Å². The molecule has 0 rings (SSSR count). The zero-order valence-electron chi connectivity index (χ0n) is 5.16. The van der Waals surface area contributed by atoms with E-state index in [0.717, 1.165) is 0 Å². The van der Waals surface area contributed by atoms with E-state index in [1.54, 1.807) is 13.8 Å². The predicted molar refractivity (Wildman–Crippen MR) is 32.3 cm³/mol. The van der Waals surface area contributed by atoms with Crippen LogP contribution >= 0.6 is 0 Å². The minimum atomic E-state index is -3.97. The molecule has 0 aliphatic carbocycles. The molecule has 2 N–H and O–H groups in total. The van der Waals surface area contributed by atoms with E-state index in [1.165, 1.54) is 0 Å². The van der Waals surface area contributed by atoms with Crippen LogP contribution in [0.2, 0.25) is 0 Å².